The molecule has 0 bridgehead atoms. The molecule has 0 fully saturated rings. The first kappa shape index (κ1) is 22.8. The first-order valence-electron chi connectivity index (χ1n) is 10.5. The van der Waals surface area contributed by atoms with E-state index in [0.717, 1.165) is 5.56 Å². The zero-order chi connectivity index (χ0) is 24.2. The summed E-state index contributed by atoms with van der Waals surface area (Å²) < 4.78 is 8.29. The molecule has 1 atom stereocenters. The Labute approximate surface area is 193 Å². The molecule has 2 heterocycles. The Bertz CT molecular complexity index is 1450. The first-order chi connectivity index (χ1) is 16.3. The lowest BCUT2D eigenvalue weighted by molar-refractivity contribution is 0.0938. The summed E-state index contributed by atoms with van der Waals surface area (Å²) in [6.07, 6.45) is 0.467. The number of aryl methyl sites for hydroxylation is 2. The Balaban J connectivity index is 1.61. The first-order valence-corrected chi connectivity index (χ1v) is 10.5. The van der Waals surface area contributed by atoms with Crippen LogP contribution in [-0.4, -0.2) is 48.2 Å². The minimum absolute atomic E-state index is 0.0294. The van der Waals surface area contributed by atoms with Crippen molar-refractivity contribution < 1.29 is 14.9 Å². The fraction of sp³-hybridized carbons (Fsp3) is 0.217. The van der Waals surface area contributed by atoms with Crippen molar-refractivity contribution in [1.29, 1.82) is 0 Å². The van der Waals surface area contributed by atoms with Gasteiger partial charge in [0, 0.05) is 7.05 Å². The average Bonchev–Trinajstić information content (AvgIpc) is 3.16. The molecule has 0 aliphatic carbocycles. The Hall–Kier alpha value is -4.38. The third kappa shape index (κ3) is 4.99. The van der Waals surface area contributed by atoms with Crippen LogP contribution >= 0.6 is 0 Å². The molecule has 11 nitrogen and oxygen atoms in total. The van der Waals surface area contributed by atoms with Gasteiger partial charge in [0.25, 0.3) is 5.56 Å². The molecule has 2 aromatic heterocycles. The van der Waals surface area contributed by atoms with E-state index in [0.29, 0.717) is 11.3 Å². The number of hydrogen-bond acceptors (Lipinski definition) is 8. The number of aliphatic hydroxyl groups excluding tert-OH is 1. The predicted octanol–water partition coefficient (Wildman–Crippen LogP) is 1.32. The van der Waals surface area contributed by atoms with Gasteiger partial charge in [-0.1, -0.05) is 29.8 Å². The lowest BCUT2D eigenvalue weighted by Gasteiger charge is -2.15. The van der Waals surface area contributed by atoms with Gasteiger partial charge in [-0.15, -0.1) is 0 Å². The average molecular weight is 464 g/mol. The number of phenols is 1. The smallest absolute Gasteiger partial charge is 0.329 e. The van der Waals surface area contributed by atoms with Crippen molar-refractivity contribution in [1.82, 2.24) is 19.1 Å². The van der Waals surface area contributed by atoms with Crippen molar-refractivity contribution in [2.45, 2.75) is 19.6 Å². The minimum atomic E-state index is -0.995. The van der Waals surface area contributed by atoms with Crippen LogP contribution < -0.4 is 21.4 Å². The van der Waals surface area contributed by atoms with E-state index in [2.05, 4.69) is 20.5 Å². The van der Waals surface area contributed by atoms with E-state index in [1.165, 1.54) is 34.5 Å². The summed E-state index contributed by atoms with van der Waals surface area (Å²) in [5.74, 6) is 0.844. The molecular formula is C23H24N6O5. The van der Waals surface area contributed by atoms with Gasteiger partial charge in [0.1, 0.15) is 24.2 Å². The predicted molar refractivity (Wildman–Crippen MR) is 128 cm³/mol. The largest absolute Gasteiger partial charge is 0.508 e. The molecule has 2 aromatic carbocycles. The molecule has 1 unspecified atom stereocenters. The molecule has 11 heteroatoms. The van der Waals surface area contributed by atoms with E-state index >= 15 is 0 Å². The van der Waals surface area contributed by atoms with Crippen LogP contribution in [0.25, 0.3) is 11.2 Å². The van der Waals surface area contributed by atoms with Crippen LogP contribution in [0.5, 0.6) is 11.5 Å². The second kappa shape index (κ2) is 9.63. The third-order valence-electron chi connectivity index (χ3n) is 5.11. The van der Waals surface area contributed by atoms with Crippen LogP contribution in [0.4, 0.5) is 5.95 Å². The van der Waals surface area contributed by atoms with Crippen molar-refractivity contribution in [3.8, 4) is 11.5 Å². The van der Waals surface area contributed by atoms with Crippen LogP contribution in [0.1, 0.15) is 11.1 Å². The summed E-state index contributed by atoms with van der Waals surface area (Å²) in [7, 11) is 1.48. The molecule has 0 saturated carbocycles. The number of anilines is 1. The molecule has 176 valence electrons. The Morgan fingerprint density at radius 3 is 2.74 bits per heavy atom. The molecule has 0 aliphatic rings. The van der Waals surface area contributed by atoms with E-state index in [1.54, 1.807) is 24.3 Å². The third-order valence-corrected chi connectivity index (χ3v) is 5.11. The number of hydrazone groups is 1. The molecule has 0 amide bonds. The number of phenolic OH excluding ortho intramolecular Hbond substituents is 1. The molecule has 34 heavy (non-hydrogen) atoms. The number of aromatic nitrogens is 4. The number of nitrogens with zero attached hydrogens (tertiary/aromatic N) is 4. The fourth-order valence-electron chi connectivity index (χ4n) is 3.36. The van der Waals surface area contributed by atoms with Crippen LogP contribution in [0.15, 0.2) is 63.2 Å². The second-order valence-corrected chi connectivity index (χ2v) is 7.78. The highest BCUT2D eigenvalue weighted by Gasteiger charge is 2.20. The van der Waals surface area contributed by atoms with E-state index < -0.39 is 17.4 Å². The van der Waals surface area contributed by atoms with Gasteiger partial charge in [-0.25, -0.2) is 10.2 Å². The topological polar surface area (TPSA) is 147 Å². The van der Waals surface area contributed by atoms with Crippen molar-refractivity contribution in [2.24, 2.45) is 12.1 Å². The molecule has 0 radical (unpaired) electrons. The fourth-order valence-corrected chi connectivity index (χ4v) is 3.36. The number of hydrogen-bond donors (Lipinski definition) is 4. The number of ether oxygens (including phenoxy) is 1. The summed E-state index contributed by atoms with van der Waals surface area (Å²) >= 11 is 0. The van der Waals surface area contributed by atoms with Gasteiger partial charge < -0.3 is 19.5 Å². The number of imidazole rings is 1. The Morgan fingerprint density at radius 1 is 1.24 bits per heavy atom. The van der Waals surface area contributed by atoms with Gasteiger partial charge >= 0.3 is 5.69 Å². The Morgan fingerprint density at radius 2 is 2.00 bits per heavy atom. The summed E-state index contributed by atoms with van der Waals surface area (Å²) in [6, 6.07) is 13.9. The zero-order valence-electron chi connectivity index (χ0n) is 18.6. The lowest BCUT2D eigenvalue weighted by atomic mass is 10.2. The molecule has 0 spiro atoms. The molecule has 4 rings (SSSR count). The number of rotatable bonds is 8. The van der Waals surface area contributed by atoms with Crippen LogP contribution in [0, 0.1) is 6.92 Å². The van der Waals surface area contributed by atoms with Crippen molar-refractivity contribution in [2.75, 3.05) is 12.0 Å². The Kier molecular flexibility index (Phi) is 6.46. The molecule has 4 N–H and O–H groups in total. The maximum atomic E-state index is 12.6. The summed E-state index contributed by atoms with van der Waals surface area (Å²) in [5.41, 5.74) is 3.46. The normalized spacial score (nSPS) is 12.3. The SMILES string of the molecule is Cc1ccc(OCC(O)Cn2c(NN=Cc3cccc(O)c3)nc3c2c(=O)[nH]c(=O)n3C)cc1. The number of benzene rings is 2. The van der Waals surface area contributed by atoms with E-state index in [9.17, 15) is 19.8 Å². The van der Waals surface area contributed by atoms with Crippen molar-refractivity contribution in [3.63, 3.8) is 0 Å². The number of H-pyrrole nitrogens is 1. The maximum absolute atomic E-state index is 12.6. The van der Waals surface area contributed by atoms with E-state index in [1.807, 2.05) is 19.1 Å². The van der Waals surface area contributed by atoms with Crippen molar-refractivity contribution in [3.05, 3.63) is 80.5 Å². The minimum Gasteiger partial charge on any atom is -0.508 e. The van der Waals surface area contributed by atoms with Gasteiger partial charge in [-0.2, -0.15) is 10.1 Å². The van der Waals surface area contributed by atoms with Gasteiger partial charge in [0.15, 0.2) is 11.2 Å². The van der Waals surface area contributed by atoms with Gasteiger partial charge in [0.05, 0.1) is 12.8 Å². The summed E-state index contributed by atoms with van der Waals surface area (Å²) in [4.78, 5) is 31.2. The van der Waals surface area contributed by atoms with Gasteiger partial charge in [-0.05, 0) is 36.8 Å². The van der Waals surface area contributed by atoms with Gasteiger partial charge in [0.2, 0.25) is 5.95 Å². The summed E-state index contributed by atoms with van der Waals surface area (Å²) in [6.45, 7) is 1.89. The van der Waals surface area contributed by atoms with Crippen LogP contribution in [0.3, 0.4) is 0 Å². The highest BCUT2D eigenvalue weighted by molar-refractivity contribution is 5.81. The molecule has 4 aromatic rings. The van der Waals surface area contributed by atoms with E-state index in [-0.39, 0.29) is 36.0 Å². The highest BCUT2D eigenvalue weighted by atomic mass is 16.5. The number of aromatic hydroxyl groups is 1. The maximum Gasteiger partial charge on any atom is 0.329 e. The monoisotopic (exact) mass is 464 g/mol. The quantitative estimate of drug-likeness (QED) is 0.227. The molecule has 0 aliphatic heterocycles. The number of aliphatic hydroxyl groups is 1. The molecular weight excluding hydrogens is 440 g/mol. The molecule has 0 saturated heterocycles. The van der Waals surface area contributed by atoms with Crippen LogP contribution in [-0.2, 0) is 13.6 Å². The standard InChI is InChI=1S/C23H24N6O5/c1-14-6-8-18(9-7-14)34-13-17(31)12-29-19-20(28(2)23(33)26-21(19)32)25-22(29)27-24-11-15-4-3-5-16(30)10-15/h3-11,17,30-31H,12-13H2,1-2H3,(H,25,27)(H,26,32,33). The summed E-state index contributed by atoms with van der Waals surface area (Å²) in [5, 5.41) is 24.3. The van der Waals surface area contributed by atoms with Crippen LogP contribution in [0.2, 0.25) is 0 Å². The lowest BCUT2D eigenvalue weighted by Crippen LogP contribution is -2.30. The van der Waals surface area contributed by atoms with Crippen molar-refractivity contribution >= 4 is 23.3 Å². The number of aromatic amines is 1. The number of nitrogens with one attached hydrogen (secondary N) is 2. The van der Waals surface area contributed by atoms with E-state index in [4.69, 9.17) is 4.74 Å². The van der Waals surface area contributed by atoms with Gasteiger partial charge in [-0.3, -0.25) is 14.3 Å². The highest BCUT2D eigenvalue weighted by Crippen LogP contribution is 2.17. The number of fused-ring (bicyclic) bond motifs is 1. The zero-order valence-corrected chi connectivity index (χ0v) is 18.6. The second-order valence-electron chi connectivity index (χ2n) is 7.78.